The van der Waals surface area contributed by atoms with Crippen molar-refractivity contribution >= 4 is 23.2 Å². The Morgan fingerprint density at radius 3 is 2.78 bits per heavy atom. The standard InChI is InChI=1S/C12H13Cl2N3O/c1-17-3-2-10(16-17)7-18-12-8(6-15)4-9(13)5-11(12)14/h2-5H,6-7,15H2,1H3. The molecule has 0 aliphatic rings. The van der Waals surface area contributed by atoms with Gasteiger partial charge in [0.1, 0.15) is 12.4 Å². The molecule has 4 nitrogen and oxygen atoms in total. The summed E-state index contributed by atoms with van der Waals surface area (Å²) in [5, 5.41) is 5.22. The summed E-state index contributed by atoms with van der Waals surface area (Å²) in [7, 11) is 1.85. The molecule has 0 aliphatic heterocycles. The zero-order valence-corrected chi connectivity index (χ0v) is 11.4. The molecule has 0 fully saturated rings. The van der Waals surface area contributed by atoms with Gasteiger partial charge >= 0.3 is 0 Å². The van der Waals surface area contributed by atoms with Gasteiger partial charge in [0.15, 0.2) is 0 Å². The van der Waals surface area contributed by atoms with Crippen LogP contribution in [0.25, 0.3) is 0 Å². The summed E-state index contributed by atoms with van der Waals surface area (Å²) < 4.78 is 7.38. The first kappa shape index (κ1) is 13.2. The minimum atomic E-state index is 0.317. The molecule has 96 valence electrons. The molecule has 0 aliphatic carbocycles. The molecule has 2 aromatic rings. The van der Waals surface area contributed by atoms with Crippen LogP contribution in [0.4, 0.5) is 0 Å². The number of nitrogens with two attached hydrogens (primary N) is 1. The summed E-state index contributed by atoms with van der Waals surface area (Å²) in [6.07, 6.45) is 1.85. The quantitative estimate of drug-likeness (QED) is 0.940. The summed E-state index contributed by atoms with van der Waals surface area (Å²) in [6.45, 7) is 0.660. The third-order valence-electron chi connectivity index (χ3n) is 2.44. The van der Waals surface area contributed by atoms with E-state index < -0.39 is 0 Å². The van der Waals surface area contributed by atoms with Crippen molar-refractivity contribution < 1.29 is 4.74 Å². The molecule has 1 heterocycles. The Morgan fingerprint density at radius 2 is 2.17 bits per heavy atom. The lowest BCUT2D eigenvalue weighted by atomic mass is 10.2. The predicted octanol–water partition coefficient (Wildman–Crippen LogP) is 2.76. The number of hydrogen-bond acceptors (Lipinski definition) is 3. The summed E-state index contributed by atoms with van der Waals surface area (Å²) in [5.41, 5.74) is 7.25. The lowest BCUT2D eigenvalue weighted by Crippen LogP contribution is -2.04. The van der Waals surface area contributed by atoms with Gasteiger partial charge in [-0.2, -0.15) is 5.10 Å². The molecule has 2 N–H and O–H groups in total. The summed E-state index contributed by atoms with van der Waals surface area (Å²) in [5.74, 6) is 0.564. The van der Waals surface area contributed by atoms with Crippen molar-refractivity contribution in [1.82, 2.24) is 9.78 Å². The van der Waals surface area contributed by atoms with Crippen LogP contribution in [0, 0.1) is 0 Å². The molecule has 6 heteroatoms. The van der Waals surface area contributed by atoms with E-state index in [1.165, 1.54) is 0 Å². The molecule has 1 aromatic carbocycles. The maximum atomic E-state index is 6.09. The number of nitrogens with zero attached hydrogens (tertiary/aromatic N) is 2. The Kier molecular flexibility index (Phi) is 4.11. The van der Waals surface area contributed by atoms with Crippen LogP contribution in [0.15, 0.2) is 24.4 Å². The number of rotatable bonds is 4. The lowest BCUT2D eigenvalue weighted by Gasteiger charge is -2.11. The van der Waals surface area contributed by atoms with Gasteiger partial charge in [-0.15, -0.1) is 0 Å². The second kappa shape index (κ2) is 5.61. The molecule has 18 heavy (non-hydrogen) atoms. The lowest BCUT2D eigenvalue weighted by molar-refractivity contribution is 0.297. The highest BCUT2D eigenvalue weighted by molar-refractivity contribution is 6.35. The first-order chi connectivity index (χ1) is 8.60. The number of aryl methyl sites for hydroxylation is 1. The van der Waals surface area contributed by atoms with E-state index in [-0.39, 0.29) is 0 Å². The van der Waals surface area contributed by atoms with Gasteiger partial charge in [-0.3, -0.25) is 4.68 Å². The van der Waals surface area contributed by atoms with Gasteiger partial charge in [-0.05, 0) is 18.2 Å². The molecule has 0 saturated heterocycles. The molecule has 0 spiro atoms. The van der Waals surface area contributed by atoms with Gasteiger partial charge in [0.2, 0.25) is 0 Å². The minimum Gasteiger partial charge on any atom is -0.485 e. The van der Waals surface area contributed by atoms with Crippen molar-refractivity contribution in [2.45, 2.75) is 13.2 Å². The zero-order valence-electron chi connectivity index (χ0n) is 9.86. The Morgan fingerprint density at radius 1 is 1.39 bits per heavy atom. The van der Waals surface area contributed by atoms with E-state index in [1.807, 2.05) is 19.3 Å². The van der Waals surface area contributed by atoms with Crippen molar-refractivity contribution in [3.63, 3.8) is 0 Å². The SMILES string of the molecule is Cn1ccc(COc2c(Cl)cc(Cl)cc2CN)n1. The Bertz CT molecular complexity index is 554. The average Bonchev–Trinajstić information content (AvgIpc) is 2.73. The van der Waals surface area contributed by atoms with Gasteiger partial charge in [0.25, 0.3) is 0 Å². The first-order valence-electron chi connectivity index (χ1n) is 5.39. The molecule has 0 amide bonds. The molecular weight excluding hydrogens is 273 g/mol. The maximum absolute atomic E-state index is 6.09. The highest BCUT2D eigenvalue weighted by atomic mass is 35.5. The molecule has 0 unspecified atom stereocenters. The van der Waals surface area contributed by atoms with Crippen LogP contribution in [-0.4, -0.2) is 9.78 Å². The molecule has 0 radical (unpaired) electrons. The first-order valence-corrected chi connectivity index (χ1v) is 6.15. The highest BCUT2D eigenvalue weighted by Crippen LogP contribution is 2.32. The average molecular weight is 286 g/mol. The fraction of sp³-hybridized carbons (Fsp3) is 0.250. The van der Waals surface area contributed by atoms with Crippen molar-refractivity contribution in [3.8, 4) is 5.75 Å². The summed E-state index contributed by atoms with van der Waals surface area (Å²) in [6, 6.07) is 5.27. The van der Waals surface area contributed by atoms with Crippen molar-refractivity contribution in [2.75, 3.05) is 0 Å². The molecule has 2 rings (SSSR count). The Labute approximate surface area is 115 Å². The van der Waals surface area contributed by atoms with E-state index in [4.69, 9.17) is 33.7 Å². The van der Waals surface area contributed by atoms with Crippen molar-refractivity contribution in [2.24, 2.45) is 12.8 Å². The van der Waals surface area contributed by atoms with Gasteiger partial charge in [-0.1, -0.05) is 23.2 Å². The Balaban J connectivity index is 2.18. The van der Waals surface area contributed by atoms with E-state index in [0.717, 1.165) is 11.3 Å². The third-order valence-corrected chi connectivity index (χ3v) is 2.94. The number of ether oxygens (including phenoxy) is 1. The van der Waals surface area contributed by atoms with E-state index in [0.29, 0.717) is 28.9 Å². The fourth-order valence-corrected chi connectivity index (χ4v) is 2.20. The van der Waals surface area contributed by atoms with Crippen LogP contribution >= 0.6 is 23.2 Å². The monoisotopic (exact) mass is 285 g/mol. The molecular formula is C12H13Cl2N3O. The van der Waals surface area contributed by atoms with E-state index >= 15 is 0 Å². The number of halogens is 2. The van der Waals surface area contributed by atoms with Crippen LogP contribution in [0.5, 0.6) is 5.75 Å². The van der Waals surface area contributed by atoms with Crippen LogP contribution in [0.1, 0.15) is 11.3 Å². The predicted molar refractivity (Wildman–Crippen MR) is 71.9 cm³/mol. The number of benzene rings is 1. The maximum Gasteiger partial charge on any atom is 0.143 e. The van der Waals surface area contributed by atoms with Crippen molar-refractivity contribution in [3.05, 3.63) is 45.7 Å². The third kappa shape index (κ3) is 2.96. The second-order valence-electron chi connectivity index (χ2n) is 3.85. The molecule has 0 atom stereocenters. The van der Waals surface area contributed by atoms with Crippen LogP contribution < -0.4 is 10.5 Å². The van der Waals surface area contributed by atoms with Crippen molar-refractivity contribution in [1.29, 1.82) is 0 Å². The minimum absolute atomic E-state index is 0.317. The second-order valence-corrected chi connectivity index (χ2v) is 4.69. The zero-order chi connectivity index (χ0) is 13.1. The van der Waals surface area contributed by atoms with Gasteiger partial charge in [-0.25, -0.2) is 0 Å². The van der Waals surface area contributed by atoms with Crippen LogP contribution in [-0.2, 0) is 20.2 Å². The van der Waals surface area contributed by atoms with Gasteiger partial charge in [0.05, 0.1) is 10.7 Å². The number of hydrogen-bond donors (Lipinski definition) is 1. The van der Waals surface area contributed by atoms with Crippen LogP contribution in [0.3, 0.4) is 0 Å². The van der Waals surface area contributed by atoms with Gasteiger partial charge < -0.3 is 10.5 Å². The number of aromatic nitrogens is 2. The topological polar surface area (TPSA) is 53.1 Å². The molecule has 0 bridgehead atoms. The molecule has 0 saturated carbocycles. The van der Waals surface area contributed by atoms with E-state index in [9.17, 15) is 0 Å². The van der Waals surface area contributed by atoms with Crippen LogP contribution in [0.2, 0.25) is 10.0 Å². The summed E-state index contributed by atoms with van der Waals surface area (Å²) >= 11 is 12.0. The van der Waals surface area contributed by atoms with Gasteiger partial charge in [0, 0.05) is 30.4 Å². The van der Waals surface area contributed by atoms with E-state index in [2.05, 4.69) is 5.10 Å². The smallest absolute Gasteiger partial charge is 0.143 e. The highest BCUT2D eigenvalue weighted by Gasteiger charge is 2.10. The Hall–Kier alpha value is -1.23. The van der Waals surface area contributed by atoms with E-state index in [1.54, 1.807) is 16.8 Å². The normalized spacial score (nSPS) is 10.7. The fourth-order valence-electron chi connectivity index (χ4n) is 1.61. The molecule has 1 aromatic heterocycles. The summed E-state index contributed by atoms with van der Waals surface area (Å²) in [4.78, 5) is 0. The largest absolute Gasteiger partial charge is 0.485 e.